The summed E-state index contributed by atoms with van der Waals surface area (Å²) >= 11 is 0. The van der Waals surface area contributed by atoms with Gasteiger partial charge >= 0.3 is 0 Å². The fraction of sp³-hybridized carbons (Fsp3) is 0.538. The van der Waals surface area contributed by atoms with E-state index in [4.69, 9.17) is 4.43 Å². The van der Waals surface area contributed by atoms with Crippen molar-refractivity contribution in [3.63, 3.8) is 0 Å². The van der Waals surface area contributed by atoms with Crippen molar-refractivity contribution in [1.29, 1.82) is 0 Å². The Kier molecular flexibility index (Phi) is 4.11. The molecule has 15 heavy (non-hydrogen) atoms. The molecule has 1 heterocycles. The summed E-state index contributed by atoms with van der Waals surface area (Å²) in [4.78, 5) is 0. The average Bonchev–Trinajstić information content (AvgIpc) is 2.39. The molecule has 0 spiro atoms. The summed E-state index contributed by atoms with van der Waals surface area (Å²) in [5.74, 6) is 0. The molecule has 1 nitrogen and oxygen atoms in total. The van der Waals surface area contributed by atoms with Crippen LogP contribution in [0.1, 0.15) is 26.2 Å². The Balaban J connectivity index is 2.83. The largest absolute Gasteiger partial charge is 0.406 e. The SMILES string of the molecule is C=CC=C1C(=C)[Si](C)(C)OC1CCCC. The predicted octanol–water partition coefficient (Wildman–Crippen LogP) is 3.99. The molecular formula is C13H22OSi. The third-order valence-electron chi connectivity index (χ3n) is 2.98. The van der Waals surface area contributed by atoms with E-state index in [2.05, 4.69) is 39.3 Å². The van der Waals surface area contributed by atoms with Gasteiger partial charge in [-0.05, 0) is 30.3 Å². The predicted molar refractivity (Wildman–Crippen MR) is 69.3 cm³/mol. The van der Waals surface area contributed by atoms with E-state index < -0.39 is 8.32 Å². The van der Waals surface area contributed by atoms with E-state index in [-0.39, 0.29) is 6.10 Å². The molecule has 0 saturated carbocycles. The van der Waals surface area contributed by atoms with E-state index in [1.54, 1.807) is 0 Å². The quantitative estimate of drug-likeness (QED) is 0.654. The van der Waals surface area contributed by atoms with Crippen LogP contribution >= 0.6 is 0 Å². The molecule has 0 amide bonds. The van der Waals surface area contributed by atoms with Gasteiger partial charge in [0.05, 0.1) is 6.10 Å². The minimum absolute atomic E-state index is 0.275. The molecule has 1 unspecified atom stereocenters. The Morgan fingerprint density at radius 3 is 2.67 bits per heavy atom. The van der Waals surface area contributed by atoms with Gasteiger partial charge < -0.3 is 4.43 Å². The van der Waals surface area contributed by atoms with Crippen molar-refractivity contribution in [3.05, 3.63) is 36.1 Å². The van der Waals surface area contributed by atoms with Crippen molar-refractivity contribution in [1.82, 2.24) is 0 Å². The number of allylic oxidation sites excluding steroid dienone is 2. The van der Waals surface area contributed by atoms with Crippen molar-refractivity contribution in [3.8, 4) is 0 Å². The lowest BCUT2D eigenvalue weighted by Crippen LogP contribution is -2.27. The highest BCUT2D eigenvalue weighted by molar-refractivity contribution is 6.80. The van der Waals surface area contributed by atoms with Crippen molar-refractivity contribution < 1.29 is 4.43 Å². The van der Waals surface area contributed by atoms with Gasteiger partial charge in [0.2, 0.25) is 8.32 Å². The normalized spacial score (nSPS) is 27.3. The molecule has 1 rings (SSSR count). The lowest BCUT2D eigenvalue weighted by molar-refractivity contribution is 0.239. The average molecular weight is 222 g/mol. The van der Waals surface area contributed by atoms with Crippen molar-refractivity contribution in [2.45, 2.75) is 45.4 Å². The van der Waals surface area contributed by atoms with Gasteiger partial charge in [-0.3, -0.25) is 0 Å². The first-order chi connectivity index (χ1) is 7.03. The van der Waals surface area contributed by atoms with Crippen LogP contribution in [0.15, 0.2) is 36.1 Å². The van der Waals surface area contributed by atoms with Crippen molar-refractivity contribution in [2.75, 3.05) is 0 Å². The highest BCUT2D eigenvalue weighted by Crippen LogP contribution is 2.37. The summed E-state index contributed by atoms with van der Waals surface area (Å²) in [6.45, 7) is 14.6. The Morgan fingerprint density at radius 1 is 1.47 bits per heavy atom. The highest BCUT2D eigenvalue weighted by Gasteiger charge is 2.40. The van der Waals surface area contributed by atoms with E-state index in [0.29, 0.717) is 0 Å². The Hall–Kier alpha value is -0.603. The lowest BCUT2D eigenvalue weighted by Gasteiger charge is -2.16. The maximum Gasteiger partial charge on any atom is 0.218 e. The second-order valence-electron chi connectivity index (χ2n) is 4.60. The first-order valence-corrected chi connectivity index (χ1v) is 8.64. The first kappa shape index (κ1) is 12.5. The second-order valence-corrected chi connectivity index (χ2v) is 8.46. The second kappa shape index (κ2) is 4.95. The van der Waals surface area contributed by atoms with Crippen LogP contribution in [0.25, 0.3) is 0 Å². The molecule has 0 aliphatic carbocycles. The van der Waals surface area contributed by atoms with Crippen molar-refractivity contribution in [2.24, 2.45) is 0 Å². The van der Waals surface area contributed by atoms with Crippen LogP contribution in [-0.2, 0) is 4.43 Å². The summed E-state index contributed by atoms with van der Waals surface area (Å²) in [6.07, 6.45) is 7.75. The van der Waals surface area contributed by atoms with Crippen LogP contribution in [-0.4, -0.2) is 14.4 Å². The van der Waals surface area contributed by atoms with Crippen LogP contribution in [0, 0.1) is 0 Å². The molecule has 0 N–H and O–H groups in total. The number of unbranched alkanes of at least 4 members (excludes halogenated alkanes) is 1. The van der Waals surface area contributed by atoms with Crippen LogP contribution in [0.5, 0.6) is 0 Å². The van der Waals surface area contributed by atoms with Gasteiger partial charge in [-0.25, -0.2) is 0 Å². The molecule has 1 saturated heterocycles. The van der Waals surface area contributed by atoms with Crippen LogP contribution in [0.4, 0.5) is 0 Å². The van der Waals surface area contributed by atoms with Crippen LogP contribution in [0.3, 0.4) is 0 Å². The maximum absolute atomic E-state index is 6.15. The molecule has 1 atom stereocenters. The monoisotopic (exact) mass is 222 g/mol. The van der Waals surface area contributed by atoms with Gasteiger partial charge in [-0.2, -0.15) is 0 Å². The van der Waals surface area contributed by atoms with Gasteiger partial charge in [0.25, 0.3) is 0 Å². The molecule has 0 bridgehead atoms. The first-order valence-electron chi connectivity index (χ1n) is 5.73. The third kappa shape index (κ3) is 2.70. The van der Waals surface area contributed by atoms with E-state index >= 15 is 0 Å². The summed E-state index contributed by atoms with van der Waals surface area (Å²) < 4.78 is 6.15. The zero-order chi connectivity index (χ0) is 11.5. The molecule has 0 aromatic rings. The Morgan fingerprint density at radius 2 is 2.13 bits per heavy atom. The Labute approximate surface area is 94.7 Å². The molecule has 2 heteroatoms. The van der Waals surface area contributed by atoms with E-state index in [0.717, 1.165) is 6.42 Å². The minimum Gasteiger partial charge on any atom is -0.406 e. The van der Waals surface area contributed by atoms with Crippen LogP contribution < -0.4 is 0 Å². The van der Waals surface area contributed by atoms with Crippen molar-refractivity contribution >= 4 is 8.32 Å². The lowest BCUT2D eigenvalue weighted by atomic mass is 10.0. The fourth-order valence-electron chi connectivity index (χ4n) is 1.97. The topological polar surface area (TPSA) is 9.23 Å². The third-order valence-corrected chi connectivity index (χ3v) is 5.59. The van der Waals surface area contributed by atoms with Gasteiger partial charge in [0, 0.05) is 0 Å². The molecule has 84 valence electrons. The summed E-state index contributed by atoms with van der Waals surface area (Å²) in [6, 6.07) is 0. The highest BCUT2D eigenvalue weighted by atomic mass is 28.4. The summed E-state index contributed by atoms with van der Waals surface area (Å²) in [7, 11) is -1.67. The minimum atomic E-state index is -1.67. The molecule has 0 aromatic heterocycles. The van der Waals surface area contributed by atoms with Gasteiger partial charge in [0.15, 0.2) is 0 Å². The van der Waals surface area contributed by atoms with Gasteiger partial charge in [-0.1, -0.05) is 45.1 Å². The summed E-state index contributed by atoms with van der Waals surface area (Å²) in [5.41, 5.74) is 1.29. The molecule has 1 aliphatic rings. The number of hydrogen-bond donors (Lipinski definition) is 0. The molecular weight excluding hydrogens is 200 g/mol. The number of hydrogen-bond acceptors (Lipinski definition) is 1. The molecule has 0 radical (unpaired) electrons. The van der Waals surface area contributed by atoms with E-state index in [1.165, 1.54) is 23.6 Å². The Bertz CT molecular complexity index is 289. The van der Waals surface area contributed by atoms with Gasteiger partial charge in [0.1, 0.15) is 0 Å². The zero-order valence-electron chi connectivity index (χ0n) is 10.2. The maximum atomic E-state index is 6.15. The molecule has 1 aliphatic heterocycles. The molecule has 1 fully saturated rings. The summed E-state index contributed by atoms with van der Waals surface area (Å²) in [5, 5.41) is 1.24. The fourth-order valence-corrected chi connectivity index (χ4v) is 4.01. The molecule has 0 aromatic carbocycles. The van der Waals surface area contributed by atoms with E-state index in [9.17, 15) is 0 Å². The van der Waals surface area contributed by atoms with E-state index in [1.807, 2.05) is 6.08 Å². The standard InChI is InChI=1S/C13H22OSi/c1-6-8-10-13-12(9-7-2)11(3)15(4,5)14-13/h7,9,13H,2-3,6,8,10H2,1,4-5H3. The smallest absolute Gasteiger partial charge is 0.218 e. The van der Waals surface area contributed by atoms with Gasteiger partial charge in [-0.15, -0.1) is 0 Å². The zero-order valence-corrected chi connectivity index (χ0v) is 11.2. The number of rotatable bonds is 4. The van der Waals surface area contributed by atoms with Crippen LogP contribution in [0.2, 0.25) is 13.1 Å².